The van der Waals surface area contributed by atoms with Crippen molar-refractivity contribution in [2.24, 2.45) is 5.41 Å². The van der Waals surface area contributed by atoms with Gasteiger partial charge in [0.1, 0.15) is 11.2 Å². The average Bonchev–Trinajstić information content (AvgIpc) is 3.11. The summed E-state index contributed by atoms with van der Waals surface area (Å²) in [4.78, 5) is 15.7. The first-order valence-electron chi connectivity index (χ1n) is 8.97. The molecule has 25 heavy (non-hydrogen) atoms. The molecule has 1 heterocycles. The van der Waals surface area contributed by atoms with Crippen molar-refractivity contribution in [3.05, 3.63) is 59.9 Å². The number of carbonyl (C=O) groups is 1. The number of benzene rings is 1. The van der Waals surface area contributed by atoms with Crippen LogP contribution in [0.15, 0.2) is 54.3 Å². The van der Waals surface area contributed by atoms with E-state index in [-0.39, 0.29) is 11.9 Å². The molecule has 0 unspecified atom stereocenters. The minimum absolute atomic E-state index is 0.125. The molecule has 1 aliphatic heterocycles. The smallest absolute Gasteiger partial charge is 0.240 e. The summed E-state index contributed by atoms with van der Waals surface area (Å²) in [5.74, 6) is 0.881. The summed E-state index contributed by atoms with van der Waals surface area (Å²) in [5.41, 5.74) is 0.373. The lowest BCUT2D eigenvalue weighted by atomic mass is 9.75. The van der Waals surface area contributed by atoms with Gasteiger partial charge in [-0.3, -0.25) is 4.79 Å². The molecule has 1 aromatic rings. The number of rotatable bonds is 6. The van der Waals surface area contributed by atoms with Crippen molar-refractivity contribution < 1.29 is 14.3 Å². The molecule has 4 heteroatoms. The number of ether oxygens (including phenoxy) is 2. The maximum atomic E-state index is 13.7. The second-order valence-corrected chi connectivity index (χ2v) is 6.79. The monoisotopic (exact) mass is 341 g/mol. The highest BCUT2D eigenvalue weighted by atomic mass is 16.5. The molecule has 0 radical (unpaired) electrons. The summed E-state index contributed by atoms with van der Waals surface area (Å²) in [6, 6.07) is 10.3. The van der Waals surface area contributed by atoms with E-state index in [1.54, 1.807) is 14.2 Å². The fourth-order valence-electron chi connectivity index (χ4n) is 4.02. The second-order valence-electron chi connectivity index (χ2n) is 6.79. The molecule has 3 rings (SSSR count). The topological polar surface area (TPSA) is 38.8 Å². The lowest BCUT2D eigenvalue weighted by Crippen LogP contribution is -2.49. The number of amides is 1. The average molecular weight is 341 g/mol. The van der Waals surface area contributed by atoms with E-state index in [1.165, 1.54) is 0 Å². The number of allylic oxidation sites excluding steroid dienone is 2. The zero-order valence-corrected chi connectivity index (χ0v) is 15.1. The van der Waals surface area contributed by atoms with Crippen molar-refractivity contribution >= 4 is 5.91 Å². The molecule has 0 spiro atoms. The molecule has 1 aromatic carbocycles. The Kier molecular flexibility index (Phi) is 5.59. The van der Waals surface area contributed by atoms with E-state index < -0.39 is 5.41 Å². The molecule has 1 aliphatic carbocycles. The first-order valence-corrected chi connectivity index (χ1v) is 8.97. The summed E-state index contributed by atoms with van der Waals surface area (Å²) in [6.07, 6.45) is 9.58. The van der Waals surface area contributed by atoms with E-state index in [4.69, 9.17) is 9.47 Å². The third-order valence-electron chi connectivity index (χ3n) is 5.21. The zero-order chi connectivity index (χ0) is 17.7. The van der Waals surface area contributed by atoms with Crippen LogP contribution in [-0.2, 0) is 20.7 Å². The Morgan fingerprint density at radius 3 is 2.80 bits per heavy atom. The third-order valence-corrected chi connectivity index (χ3v) is 5.21. The first kappa shape index (κ1) is 17.7. The molecule has 1 saturated heterocycles. The van der Waals surface area contributed by atoms with Gasteiger partial charge in [-0.05, 0) is 37.3 Å². The van der Waals surface area contributed by atoms with Crippen LogP contribution >= 0.6 is 0 Å². The van der Waals surface area contributed by atoms with Crippen molar-refractivity contribution in [2.75, 3.05) is 27.4 Å². The van der Waals surface area contributed by atoms with Crippen LogP contribution in [0.25, 0.3) is 0 Å². The predicted octanol–water partition coefficient (Wildman–Crippen LogP) is 3.34. The number of methoxy groups -OCH3 is 2. The van der Waals surface area contributed by atoms with Crippen molar-refractivity contribution in [1.29, 1.82) is 0 Å². The molecule has 134 valence electrons. The van der Waals surface area contributed by atoms with Gasteiger partial charge in [-0.15, -0.1) is 0 Å². The van der Waals surface area contributed by atoms with Gasteiger partial charge in [0.05, 0.1) is 19.8 Å². The normalized spacial score (nSPS) is 25.8. The highest BCUT2D eigenvalue weighted by Gasteiger charge is 2.47. The summed E-state index contributed by atoms with van der Waals surface area (Å²) >= 11 is 0. The summed E-state index contributed by atoms with van der Waals surface area (Å²) in [7, 11) is 3.36. The Bertz CT molecular complexity index is 652. The van der Waals surface area contributed by atoms with Crippen molar-refractivity contribution in [2.45, 2.75) is 31.7 Å². The highest BCUT2D eigenvalue weighted by Crippen LogP contribution is 2.40. The SMILES string of the molecule is COC[C@@H]1CCCN1C(=O)[C@@]1(Cc2ccccc2)C=CCC=C1OC. The Morgan fingerprint density at radius 2 is 2.08 bits per heavy atom. The van der Waals surface area contributed by atoms with Gasteiger partial charge in [0.25, 0.3) is 0 Å². The fourth-order valence-corrected chi connectivity index (χ4v) is 4.02. The Balaban J connectivity index is 1.96. The van der Waals surface area contributed by atoms with Crippen molar-refractivity contribution in [3.63, 3.8) is 0 Å². The van der Waals surface area contributed by atoms with Gasteiger partial charge in [-0.2, -0.15) is 0 Å². The quantitative estimate of drug-likeness (QED) is 0.745. The van der Waals surface area contributed by atoms with E-state index in [9.17, 15) is 4.79 Å². The molecular formula is C21H27NO3. The largest absolute Gasteiger partial charge is 0.500 e. The van der Waals surface area contributed by atoms with Crippen LogP contribution in [-0.4, -0.2) is 44.2 Å². The van der Waals surface area contributed by atoms with E-state index in [2.05, 4.69) is 18.2 Å². The molecule has 1 amide bonds. The Hall–Kier alpha value is -2.07. The van der Waals surface area contributed by atoms with Gasteiger partial charge in [-0.25, -0.2) is 0 Å². The molecule has 0 bridgehead atoms. The van der Waals surface area contributed by atoms with Crippen LogP contribution in [0.5, 0.6) is 0 Å². The molecule has 2 atom stereocenters. The van der Waals surface area contributed by atoms with Gasteiger partial charge in [0.2, 0.25) is 5.91 Å². The minimum Gasteiger partial charge on any atom is -0.500 e. The van der Waals surface area contributed by atoms with E-state index in [0.717, 1.165) is 37.1 Å². The van der Waals surface area contributed by atoms with Crippen molar-refractivity contribution in [1.82, 2.24) is 4.90 Å². The van der Waals surface area contributed by atoms with Gasteiger partial charge in [0, 0.05) is 13.7 Å². The number of hydrogen-bond acceptors (Lipinski definition) is 3. The summed E-state index contributed by atoms with van der Waals surface area (Å²) < 4.78 is 11.0. The summed E-state index contributed by atoms with van der Waals surface area (Å²) in [6.45, 7) is 1.37. The summed E-state index contributed by atoms with van der Waals surface area (Å²) in [5, 5.41) is 0. The third kappa shape index (κ3) is 3.49. The molecule has 0 saturated carbocycles. The van der Waals surface area contributed by atoms with Crippen LogP contribution in [0.2, 0.25) is 0 Å². The lowest BCUT2D eigenvalue weighted by molar-refractivity contribution is -0.141. The second kappa shape index (κ2) is 7.87. The van der Waals surface area contributed by atoms with Gasteiger partial charge >= 0.3 is 0 Å². The fraction of sp³-hybridized carbons (Fsp3) is 0.476. The van der Waals surface area contributed by atoms with Crippen LogP contribution < -0.4 is 0 Å². The van der Waals surface area contributed by atoms with E-state index in [0.29, 0.717) is 13.0 Å². The Labute approximate surface area is 150 Å². The maximum absolute atomic E-state index is 13.7. The predicted molar refractivity (Wildman–Crippen MR) is 98.0 cm³/mol. The molecule has 0 N–H and O–H groups in total. The van der Waals surface area contributed by atoms with Crippen LogP contribution in [0.3, 0.4) is 0 Å². The highest BCUT2D eigenvalue weighted by molar-refractivity contribution is 5.89. The van der Waals surface area contributed by atoms with Crippen LogP contribution in [0.1, 0.15) is 24.8 Å². The van der Waals surface area contributed by atoms with E-state index in [1.807, 2.05) is 35.3 Å². The first-order chi connectivity index (χ1) is 12.2. The van der Waals surface area contributed by atoms with Gasteiger partial charge < -0.3 is 14.4 Å². The van der Waals surface area contributed by atoms with Crippen LogP contribution in [0.4, 0.5) is 0 Å². The number of carbonyl (C=O) groups excluding carboxylic acids is 1. The number of hydrogen-bond donors (Lipinski definition) is 0. The lowest BCUT2D eigenvalue weighted by Gasteiger charge is -2.38. The maximum Gasteiger partial charge on any atom is 0.240 e. The number of nitrogens with zero attached hydrogens (tertiary/aromatic N) is 1. The van der Waals surface area contributed by atoms with Gasteiger partial charge in [-0.1, -0.05) is 42.5 Å². The molecule has 0 aromatic heterocycles. The van der Waals surface area contributed by atoms with E-state index >= 15 is 0 Å². The molecule has 1 fully saturated rings. The zero-order valence-electron chi connectivity index (χ0n) is 15.1. The Morgan fingerprint density at radius 1 is 1.28 bits per heavy atom. The standard InChI is InChI=1S/C21H27NO3/c1-24-16-18-11-8-14-22(18)20(23)21(13-7-6-12-19(21)25-2)15-17-9-4-3-5-10-17/h3-5,7,9-10,12-13,18H,6,8,11,14-16H2,1-2H3/t18-,21+/m0/s1. The van der Waals surface area contributed by atoms with Crippen LogP contribution in [0, 0.1) is 5.41 Å². The van der Waals surface area contributed by atoms with Gasteiger partial charge in [0.15, 0.2) is 0 Å². The molecular weight excluding hydrogens is 314 g/mol. The minimum atomic E-state index is -0.759. The number of likely N-dealkylation sites (tertiary alicyclic amines) is 1. The van der Waals surface area contributed by atoms with Crippen molar-refractivity contribution in [3.8, 4) is 0 Å². The molecule has 4 nitrogen and oxygen atoms in total. The molecule has 2 aliphatic rings.